The van der Waals surface area contributed by atoms with Gasteiger partial charge in [0.2, 0.25) is 0 Å². The van der Waals surface area contributed by atoms with E-state index in [0.29, 0.717) is 24.5 Å². The first-order chi connectivity index (χ1) is 7.33. The molecule has 4 nitrogen and oxygen atoms in total. The monoisotopic (exact) mass is 206 g/mol. The standard InChI is InChI=1S/C11H14N2O2/c1-2-6-13(7-8-14)11-10(9-15)4-3-5-12-11/h2-5,9,14H,1,6-8H2. The van der Waals surface area contributed by atoms with Gasteiger partial charge in [-0.1, -0.05) is 6.08 Å². The summed E-state index contributed by atoms with van der Waals surface area (Å²) < 4.78 is 0. The summed E-state index contributed by atoms with van der Waals surface area (Å²) in [6, 6.07) is 3.40. The smallest absolute Gasteiger partial charge is 0.153 e. The van der Waals surface area contributed by atoms with Crippen LogP contribution < -0.4 is 4.90 Å². The average Bonchev–Trinajstić information content (AvgIpc) is 2.29. The van der Waals surface area contributed by atoms with Gasteiger partial charge in [-0.3, -0.25) is 4.79 Å². The number of aromatic nitrogens is 1. The topological polar surface area (TPSA) is 53.4 Å². The van der Waals surface area contributed by atoms with E-state index in [9.17, 15) is 4.79 Å². The minimum Gasteiger partial charge on any atom is -0.395 e. The van der Waals surface area contributed by atoms with Crippen LogP contribution in [0.4, 0.5) is 5.82 Å². The Bertz CT molecular complexity index is 339. The van der Waals surface area contributed by atoms with E-state index in [1.54, 1.807) is 29.3 Å². The molecule has 0 unspecified atom stereocenters. The van der Waals surface area contributed by atoms with Crippen LogP contribution in [0.15, 0.2) is 31.0 Å². The lowest BCUT2D eigenvalue weighted by Crippen LogP contribution is -2.28. The Morgan fingerprint density at radius 1 is 1.60 bits per heavy atom. The van der Waals surface area contributed by atoms with Crippen LogP contribution in [0.2, 0.25) is 0 Å². The van der Waals surface area contributed by atoms with Gasteiger partial charge in [0.15, 0.2) is 6.29 Å². The van der Waals surface area contributed by atoms with Crippen LogP contribution in [-0.2, 0) is 0 Å². The minimum atomic E-state index is 0.0166. The molecule has 0 aliphatic carbocycles. The van der Waals surface area contributed by atoms with E-state index in [4.69, 9.17) is 5.11 Å². The zero-order chi connectivity index (χ0) is 11.1. The number of carbonyl (C=O) groups is 1. The van der Waals surface area contributed by atoms with E-state index < -0.39 is 0 Å². The molecule has 0 aliphatic rings. The summed E-state index contributed by atoms with van der Waals surface area (Å²) in [4.78, 5) is 16.7. The summed E-state index contributed by atoms with van der Waals surface area (Å²) in [7, 11) is 0. The predicted molar refractivity (Wildman–Crippen MR) is 59.1 cm³/mol. The fourth-order valence-corrected chi connectivity index (χ4v) is 1.33. The third kappa shape index (κ3) is 2.89. The molecule has 0 aromatic carbocycles. The number of pyridine rings is 1. The number of carbonyl (C=O) groups excluding carboxylic acids is 1. The molecule has 80 valence electrons. The molecule has 1 heterocycles. The zero-order valence-corrected chi connectivity index (χ0v) is 8.47. The van der Waals surface area contributed by atoms with Gasteiger partial charge in [0.25, 0.3) is 0 Å². The van der Waals surface area contributed by atoms with E-state index in [1.807, 2.05) is 0 Å². The molecule has 1 aromatic rings. The molecule has 0 atom stereocenters. The molecule has 0 saturated carbocycles. The highest BCUT2D eigenvalue weighted by Gasteiger charge is 2.09. The zero-order valence-electron chi connectivity index (χ0n) is 8.47. The van der Waals surface area contributed by atoms with Gasteiger partial charge in [-0.05, 0) is 12.1 Å². The van der Waals surface area contributed by atoms with Gasteiger partial charge in [0, 0.05) is 19.3 Å². The summed E-state index contributed by atoms with van der Waals surface area (Å²) in [6.45, 7) is 4.63. The Kier molecular flexibility index (Phi) is 4.50. The maximum atomic E-state index is 10.8. The molecule has 0 spiro atoms. The van der Waals surface area contributed by atoms with Crippen molar-refractivity contribution in [2.24, 2.45) is 0 Å². The molecule has 0 bridgehead atoms. The lowest BCUT2D eigenvalue weighted by Gasteiger charge is -2.21. The number of rotatable bonds is 6. The minimum absolute atomic E-state index is 0.0166. The van der Waals surface area contributed by atoms with Crippen LogP contribution in [0, 0.1) is 0 Å². The molecule has 1 rings (SSSR count). The fraction of sp³-hybridized carbons (Fsp3) is 0.273. The van der Waals surface area contributed by atoms with Crippen molar-refractivity contribution in [1.82, 2.24) is 4.98 Å². The van der Waals surface area contributed by atoms with Gasteiger partial charge >= 0.3 is 0 Å². The summed E-state index contributed by atoms with van der Waals surface area (Å²) in [5.41, 5.74) is 0.521. The van der Waals surface area contributed by atoms with Crippen LogP contribution in [-0.4, -0.2) is 36.1 Å². The molecule has 1 aromatic heterocycles. The molecule has 0 amide bonds. The summed E-state index contributed by atoms with van der Waals surface area (Å²) in [5.74, 6) is 0.585. The molecular formula is C11H14N2O2. The fourth-order valence-electron chi connectivity index (χ4n) is 1.33. The predicted octanol–water partition coefficient (Wildman–Crippen LogP) is 0.879. The van der Waals surface area contributed by atoms with Gasteiger partial charge in [-0.2, -0.15) is 0 Å². The second-order valence-electron chi connectivity index (χ2n) is 2.99. The maximum absolute atomic E-state index is 10.8. The van der Waals surface area contributed by atoms with Crippen molar-refractivity contribution < 1.29 is 9.90 Å². The first kappa shape index (κ1) is 11.4. The third-order valence-corrected chi connectivity index (χ3v) is 1.96. The number of aliphatic hydroxyl groups is 1. The van der Waals surface area contributed by atoms with Crippen molar-refractivity contribution in [1.29, 1.82) is 0 Å². The van der Waals surface area contributed by atoms with Crippen LogP contribution in [0.3, 0.4) is 0 Å². The van der Waals surface area contributed by atoms with Crippen LogP contribution in [0.1, 0.15) is 10.4 Å². The molecule has 0 saturated heterocycles. The molecule has 0 aliphatic heterocycles. The second kappa shape index (κ2) is 5.93. The van der Waals surface area contributed by atoms with E-state index in [-0.39, 0.29) is 6.61 Å². The van der Waals surface area contributed by atoms with Crippen molar-refractivity contribution in [2.45, 2.75) is 0 Å². The maximum Gasteiger partial charge on any atom is 0.153 e. The molecule has 1 N–H and O–H groups in total. The van der Waals surface area contributed by atoms with Gasteiger partial charge in [-0.25, -0.2) is 4.98 Å². The largest absolute Gasteiger partial charge is 0.395 e. The van der Waals surface area contributed by atoms with E-state index >= 15 is 0 Å². The van der Waals surface area contributed by atoms with E-state index in [2.05, 4.69) is 11.6 Å². The van der Waals surface area contributed by atoms with E-state index in [0.717, 1.165) is 6.29 Å². The quantitative estimate of drug-likeness (QED) is 0.554. The first-order valence-electron chi connectivity index (χ1n) is 4.70. The van der Waals surface area contributed by atoms with Crippen molar-refractivity contribution in [3.05, 3.63) is 36.5 Å². The van der Waals surface area contributed by atoms with E-state index in [1.165, 1.54) is 0 Å². The number of anilines is 1. The van der Waals surface area contributed by atoms with Crippen LogP contribution in [0.5, 0.6) is 0 Å². The molecular weight excluding hydrogens is 192 g/mol. The molecule has 4 heteroatoms. The van der Waals surface area contributed by atoms with Crippen molar-refractivity contribution in [2.75, 3.05) is 24.6 Å². The first-order valence-corrected chi connectivity index (χ1v) is 4.70. The number of aldehydes is 1. The Morgan fingerprint density at radius 3 is 3.00 bits per heavy atom. The molecule has 15 heavy (non-hydrogen) atoms. The normalized spacial score (nSPS) is 9.67. The summed E-state index contributed by atoms with van der Waals surface area (Å²) in [5, 5.41) is 8.90. The second-order valence-corrected chi connectivity index (χ2v) is 2.99. The van der Waals surface area contributed by atoms with Gasteiger partial charge in [0.05, 0.1) is 12.2 Å². The SMILES string of the molecule is C=CCN(CCO)c1ncccc1C=O. The summed E-state index contributed by atoms with van der Waals surface area (Å²) >= 11 is 0. The number of nitrogens with zero attached hydrogens (tertiary/aromatic N) is 2. The third-order valence-electron chi connectivity index (χ3n) is 1.96. The average molecular weight is 206 g/mol. The lowest BCUT2D eigenvalue weighted by atomic mass is 10.2. The highest BCUT2D eigenvalue weighted by Crippen LogP contribution is 2.14. The Labute approximate surface area is 88.9 Å². The Balaban J connectivity index is 2.97. The number of hydrogen-bond acceptors (Lipinski definition) is 4. The lowest BCUT2D eigenvalue weighted by molar-refractivity contribution is 0.112. The van der Waals surface area contributed by atoms with Crippen molar-refractivity contribution in [3.8, 4) is 0 Å². The Morgan fingerprint density at radius 2 is 2.40 bits per heavy atom. The van der Waals surface area contributed by atoms with Crippen molar-refractivity contribution >= 4 is 12.1 Å². The molecule has 0 fully saturated rings. The number of hydrogen-bond donors (Lipinski definition) is 1. The van der Waals surface area contributed by atoms with Crippen LogP contribution in [0.25, 0.3) is 0 Å². The Hall–Kier alpha value is -1.68. The van der Waals surface area contributed by atoms with Gasteiger partial charge in [-0.15, -0.1) is 6.58 Å². The number of aliphatic hydroxyl groups excluding tert-OH is 1. The van der Waals surface area contributed by atoms with Crippen LogP contribution >= 0.6 is 0 Å². The molecule has 0 radical (unpaired) electrons. The van der Waals surface area contributed by atoms with Gasteiger partial charge in [0.1, 0.15) is 5.82 Å². The summed E-state index contributed by atoms with van der Waals surface area (Å²) in [6.07, 6.45) is 4.09. The highest BCUT2D eigenvalue weighted by atomic mass is 16.3. The van der Waals surface area contributed by atoms with Gasteiger partial charge < -0.3 is 10.0 Å². The highest BCUT2D eigenvalue weighted by molar-refractivity contribution is 5.82. The van der Waals surface area contributed by atoms with Crippen molar-refractivity contribution in [3.63, 3.8) is 0 Å².